The number of carboxylic acid groups (broad SMARTS) is 1. The topological polar surface area (TPSA) is 80.4 Å². The number of carbonyl (C=O) groups is 1. The normalized spacial score (nSPS) is 10.7. The summed E-state index contributed by atoms with van der Waals surface area (Å²) in [5, 5.41) is 17.2. The predicted molar refractivity (Wildman–Crippen MR) is 63.2 cm³/mol. The number of benzene rings is 1. The first-order valence-electron chi connectivity index (χ1n) is 5.25. The van der Waals surface area contributed by atoms with Crippen molar-refractivity contribution in [3.8, 4) is 11.4 Å². The summed E-state index contributed by atoms with van der Waals surface area (Å²) in [6, 6.07) is 8.38. The molecule has 1 aromatic carbocycles. The van der Waals surface area contributed by atoms with Gasteiger partial charge in [0.15, 0.2) is 11.5 Å². The third-order valence-corrected chi connectivity index (χ3v) is 2.61. The van der Waals surface area contributed by atoms with E-state index in [0.29, 0.717) is 17.0 Å². The molecule has 0 saturated heterocycles. The molecule has 0 aliphatic rings. The Morgan fingerprint density at radius 1 is 1.17 bits per heavy atom. The maximum atomic E-state index is 11.2. The average molecular weight is 240 g/mol. The standard InChI is InChI=1S/C12H8N4O2/c17-12(18)9-4-2-1-3-8(9)11-15-14-10-5-6-13-7-16(10)11/h1-7H,(H,17,18). The predicted octanol–water partition coefficient (Wildman–Crippen LogP) is 1.49. The number of hydrogen-bond donors (Lipinski definition) is 1. The van der Waals surface area contributed by atoms with Gasteiger partial charge in [-0.25, -0.2) is 9.78 Å². The summed E-state index contributed by atoms with van der Waals surface area (Å²) in [5.41, 5.74) is 1.33. The summed E-state index contributed by atoms with van der Waals surface area (Å²) in [6.45, 7) is 0. The third kappa shape index (κ3) is 1.51. The van der Waals surface area contributed by atoms with Crippen LogP contribution in [0.15, 0.2) is 42.9 Å². The minimum absolute atomic E-state index is 0.190. The maximum Gasteiger partial charge on any atom is 0.336 e. The molecular formula is C12H8N4O2. The van der Waals surface area contributed by atoms with Crippen molar-refractivity contribution in [2.45, 2.75) is 0 Å². The van der Waals surface area contributed by atoms with E-state index in [1.54, 1.807) is 41.2 Å². The Morgan fingerprint density at radius 2 is 2.00 bits per heavy atom. The lowest BCUT2D eigenvalue weighted by molar-refractivity contribution is 0.0697. The molecule has 3 aromatic rings. The summed E-state index contributed by atoms with van der Waals surface area (Å²) in [7, 11) is 0. The molecule has 0 unspecified atom stereocenters. The van der Waals surface area contributed by atoms with E-state index in [1.165, 1.54) is 6.07 Å². The van der Waals surface area contributed by atoms with Gasteiger partial charge in [0.25, 0.3) is 0 Å². The van der Waals surface area contributed by atoms with Crippen molar-refractivity contribution >= 4 is 11.6 Å². The summed E-state index contributed by atoms with van der Waals surface area (Å²) in [6.07, 6.45) is 3.17. The van der Waals surface area contributed by atoms with E-state index in [0.717, 1.165) is 0 Å². The third-order valence-electron chi connectivity index (χ3n) is 2.61. The smallest absolute Gasteiger partial charge is 0.336 e. The number of carboxylic acids is 1. The van der Waals surface area contributed by atoms with Crippen LogP contribution < -0.4 is 0 Å². The number of nitrogens with zero attached hydrogens (tertiary/aromatic N) is 4. The fourth-order valence-corrected chi connectivity index (χ4v) is 1.79. The number of aromatic nitrogens is 4. The molecular weight excluding hydrogens is 232 g/mol. The van der Waals surface area contributed by atoms with Gasteiger partial charge >= 0.3 is 5.97 Å². The fourth-order valence-electron chi connectivity index (χ4n) is 1.79. The van der Waals surface area contributed by atoms with Gasteiger partial charge in [0.05, 0.1) is 5.56 Å². The van der Waals surface area contributed by atoms with E-state index in [9.17, 15) is 4.79 Å². The molecule has 0 aliphatic carbocycles. The van der Waals surface area contributed by atoms with E-state index < -0.39 is 5.97 Å². The molecule has 0 aliphatic heterocycles. The van der Waals surface area contributed by atoms with Crippen LogP contribution in [0.2, 0.25) is 0 Å². The van der Waals surface area contributed by atoms with Gasteiger partial charge in [-0.1, -0.05) is 18.2 Å². The monoisotopic (exact) mass is 240 g/mol. The average Bonchev–Trinajstić information content (AvgIpc) is 2.82. The number of rotatable bonds is 2. The molecule has 2 aromatic heterocycles. The molecule has 18 heavy (non-hydrogen) atoms. The van der Waals surface area contributed by atoms with Crippen LogP contribution in [0.5, 0.6) is 0 Å². The first-order valence-corrected chi connectivity index (χ1v) is 5.25. The lowest BCUT2D eigenvalue weighted by Crippen LogP contribution is -2.01. The molecule has 6 nitrogen and oxygen atoms in total. The Bertz CT molecular complexity index is 736. The summed E-state index contributed by atoms with van der Waals surface area (Å²) >= 11 is 0. The van der Waals surface area contributed by atoms with E-state index in [-0.39, 0.29) is 5.56 Å². The van der Waals surface area contributed by atoms with Crippen LogP contribution >= 0.6 is 0 Å². The molecule has 0 amide bonds. The summed E-state index contributed by atoms with van der Waals surface area (Å²) < 4.78 is 1.65. The van der Waals surface area contributed by atoms with Gasteiger partial charge in [0, 0.05) is 17.8 Å². The molecule has 6 heteroatoms. The summed E-state index contributed by atoms with van der Waals surface area (Å²) in [5.74, 6) is -0.526. The SMILES string of the molecule is O=C(O)c1ccccc1-c1nnc2ccncn12. The molecule has 2 heterocycles. The zero-order chi connectivity index (χ0) is 12.5. The lowest BCUT2D eigenvalue weighted by Gasteiger charge is -2.03. The zero-order valence-electron chi connectivity index (χ0n) is 9.19. The van der Waals surface area contributed by atoms with Gasteiger partial charge in [-0.15, -0.1) is 10.2 Å². The van der Waals surface area contributed by atoms with Crippen molar-refractivity contribution < 1.29 is 9.90 Å². The lowest BCUT2D eigenvalue weighted by atomic mass is 10.1. The van der Waals surface area contributed by atoms with Crippen LogP contribution in [0.25, 0.3) is 17.0 Å². The molecule has 88 valence electrons. The molecule has 0 saturated carbocycles. The highest BCUT2D eigenvalue weighted by Gasteiger charge is 2.15. The number of aromatic carboxylic acids is 1. The molecule has 0 radical (unpaired) electrons. The van der Waals surface area contributed by atoms with E-state index >= 15 is 0 Å². The Labute approximate surface area is 102 Å². The molecule has 3 rings (SSSR count). The van der Waals surface area contributed by atoms with Gasteiger partial charge in [0.2, 0.25) is 0 Å². The first-order chi connectivity index (χ1) is 8.77. The van der Waals surface area contributed by atoms with Gasteiger partial charge in [-0.05, 0) is 6.07 Å². The van der Waals surface area contributed by atoms with Gasteiger partial charge in [-0.3, -0.25) is 4.40 Å². The second-order valence-electron chi connectivity index (χ2n) is 3.68. The maximum absolute atomic E-state index is 11.2. The zero-order valence-corrected chi connectivity index (χ0v) is 9.19. The summed E-state index contributed by atoms with van der Waals surface area (Å²) in [4.78, 5) is 15.2. The molecule has 1 N–H and O–H groups in total. The highest BCUT2D eigenvalue weighted by atomic mass is 16.4. The van der Waals surface area contributed by atoms with E-state index in [1.807, 2.05) is 0 Å². The largest absolute Gasteiger partial charge is 0.478 e. The Morgan fingerprint density at radius 3 is 2.83 bits per heavy atom. The number of hydrogen-bond acceptors (Lipinski definition) is 4. The second-order valence-corrected chi connectivity index (χ2v) is 3.68. The van der Waals surface area contributed by atoms with Crippen molar-refractivity contribution in [2.24, 2.45) is 0 Å². The van der Waals surface area contributed by atoms with Crippen molar-refractivity contribution in [3.05, 3.63) is 48.4 Å². The molecule has 0 bridgehead atoms. The van der Waals surface area contributed by atoms with Crippen LogP contribution in [0.3, 0.4) is 0 Å². The minimum Gasteiger partial charge on any atom is -0.478 e. The Hall–Kier alpha value is -2.76. The van der Waals surface area contributed by atoms with Crippen LogP contribution in [0, 0.1) is 0 Å². The van der Waals surface area contributed by atoms with Crippen molar-refractivity contribution in [1.82, 2.24) is 19.6 Å². The molecule has 0 spiro atoms. The first kappa shape index (κ1) is 10.4. The van der Waals surface area contributed by atoms with Crippen LogP contribution in [-0.4, -0.2) is 30.7 Å². The van der Waals surface area contributed by atoms with Gasteiger partial charge in [0.1, 0.15) is 6.33 Å². The highest BCUT2D eigenvalue weighted by Crippen LogP contribution is 2.22. The molecule has 0 atom stereocenters. The van der Waals surface area contributed by atoms with Crippen molar-refractivity contribution in [3.63, 3.8) is 0 Å². The molecule has 0 fully saturated rings. The van der Waals surface area contributed by atoms with Crippen LogP contribution in [-0.2, 0) is 0 Å². The number of fused-ring (bicyclic) bond motifs is 1. The Balaban J connectivity index is 2.30. The second kappa shape index (κ2) is 3.92. The Kier molecular flexibility index (Phi) is 2.26. The highest BCUT2D eigenvalue weighted by molar-refractivity contribution is 5.95. The van der Waals surface area contributed by atoms with Crippen molar-refractivity contribution in [2.75, 3.05) is 0 Å². The van der Waals surface area contributed by atoms with E-state index in [2.05, 4.69) is 15.2 Å². The van der Waals surface area contributed by atoms with Crippen molar-refractivity contribution in [1.29, 1.82) is 0 Å². The van der Waals surface area contributed by atoms with Crippen LogP contribution in [0.4, 0.5) is 0 Å². The minimum atomic E-state index is -0.994. The van der Waals surface area contributed by atoms with Crippen LogP contribution in [0.1, 0.15) is 10.4 Å². The van der Waals surface area contributed by atoms with Gasteiger partial charge < -0.3 is 5.11 Å². The quantitative estimate of drug-likeness (QED) is 0.734. The van der Waals surface area contributed by atoms with E-state index in [4.69, 9.17) is 5.11 Å². The fraction of sp³-hybridized carbons (Fsp3) is 0. The van der Waals surface area contributed by atoms with Gasteiger partial charge in [-0.2, -0.15) is 0 Å².